The van der Waals surface area contributed by atoms with Crippen molar-refractivity contribution in [2.75, 3.05) is 6.61 Å². The molecule has 0 bridgehead atoms. The number of aliphatic hydroxyl groups is 1. The molecule has 3 nitrogen and oxygen atoms in total. The van der Waals surface area contributed by atoms with E-state index in [0.717, 1.165) is 6.07 Å². The van der Waals surface area contributed by atoms with E-state index in [0.29, 0.717) is 6.42 Å². The lowest BCUT2D eigenvalue weighted by Gasteiger charge is -2.49. The van der Waals surface area contributed by atoms with Crippen molar-refractivity contribution >= 4 is 26.9 Å². The minimum absolute atomic E-state index is 0.358. The summed E-state index contributed by atoms with van der Waals surface area (Å²) in [5, 5.41) is 8.82. The fraction of sp³-hybridized carbons (Fsp3) is 0.625. The highest BCUT2D eigenvalue weighted by Gasteiger charge is 2.65. The van der Waals surface area contributed by atoms with Gasteiger partial charge in [-0.2, -0.15) is 0 Å². The first-order valence-corrected chi connectivity index (χ1v) is 9.95. The fourth-order valence-electron chi connectivity index (χ4n) is 2.96. The van der Waals surface area contributed by atoms with Crippen molar-refractivity contribution in [3.63, 3.8) is 0 Å². The number of rotatable bonds is 6. The van der Waals surface area contributed by atoms with Gasteiger partial charge in [0.25, 0.3) is 11.8 Å². The van der Waals surface area contributed by atoms with E-state index < -0.39 is 57.0 Å². The monoisotopic (exact) mass is 445 g/mol. The number of aliphatic hydroxyl groups excluding tert-OH is 1. The van der Waals surface area contributed by atoms with Crippen LogP contribution in [0.25, 0.3) is 0 Å². The van der Waals surface area contributed by atoms with Gasteiger partial charge in [0.15, 0.2) is 0 Å². The number of hydrogen-bond acceptors (Lipinski definition) is 2. The summed E-state index contributed by atoms with van der Waals surface area (Å²) < 4.78 is 73.5. The molecule has 2 N–H and O–H groups in total. The molecule has 2 rings (SSSR count). The Kier molecular flexibility index (Phi) is 6.03. The zero-order chi connectivity index (χ0) is 19.0. The molecule has 0 saturated heterocycles. The average molecular weight is 446 g/mol. The van der Waals surface area contributed by atoms with Gasteiger partial charge in [0.2, 0.25) is 0 Å². The molecule has 0 amide bonds. The molecule has 4 atom stereocenters. The summed E-state index contributed by atoms with van der Waals surface area (Å²) in [5.74, 6) is -7.14. The highest BCUT2D eigenvalue weighted by molar-refractivity contribution is 9.09. The number of benzene rings is 1. The zero-order valence-electron chi connectivity index (χ0n) is 13.7. The van der Waals surface area contributed by atoms with Crippen LogP contribution in [0.3, 0.4) is 0 Å². The first-order valence-electron chi connectivity index (χ1n) is 7.82. The highest BCUT2D eigenvalue weighted by Crippen LogP contribution is 2.55. The molecule has 25 heavy (non-hydrogen) atoms. The van der Waals surface area contributed by atoms with Crippen LogP contribution in [0, 0.1) is 0 Å². The SMILES string of the molecule is CC[C@@H](C)S(=O)N[C@@]1(C(F)(F)CO)c2ccccc2C(F)(F)CC1Br. The van der Waals surface area contributed by atoms with Gasteiger partial charge in [-0.15, -0.1) is 0 Å². The third-order valence-corrected chi connectivity index (χ3v) is 7.23. The van der Waals surface area contributed by atoms with Crippen LogP contribution in [-0.4, -0.2) is 31.9 Å². The third-order valence-electron chi connectivity index (χ3n) is 4.63. The van der Waals surface area contributed by atoms with Gasteiger partial charge in [-0.3, -0.25) is 0 Å². The molecule has 0 aromatic heterocycles. The molecular formula is C16H20BrF4NO2S. The van der Waals surface area contributed by atoms with E-state index in [1.165, 1.54) is 18.2 Å². The molecule has 2 unspecified atom stereocenters. The van der Waals surface area contributed by atoms with E-state index in [-0.39, 0.29) is 5.56 Å². The van der Waals surface area contributed by atoms with Crippen molar-refractivity contribution in [3.05, 3.63) is 35.4 Å². The summed E-state index contributed by atoms with van der Waals surface area (Å²) >= 11 is 2.97. The predicted molar refractivity (Wildman–Crippen MR) is 92.4 cm³/mol. The molecule has 1 aromatic carbocycles. The molecular weight excluding hydrogens is 426 g/mol. The number of nitrogens with one attached hydrogen (secondary N) is 1. The Labute approximate surface area is 154 Å². The van der Waals surface area contributed by atoms with Crippen LogP contribution < -0.4 is 4.72 Å². The van der Waals surface area contributed by atoms with Crippen LogP contribution >= 0.6 is 15.9 Å². The Morgan fingerprint density at radius 1 is 1.40 bits per heavy atom. The van der Waals surface area contributed by atoms with Gasteiger partial charge < -0.3 is 5.11 Å². The smallest absolute Gasteiger partial charge is 0.294 e. The Morgan fingerprint density at radius 2 is 1.96 bits per heavy atom. The number of halogens is 5. The Morgan fingerprint density at radius 3 is 2.48 bits per heavy atom. The van der Waals surface area contributed by atoms with Crippen molar-refractivity contribution in [1.82, 2.24) is 4.72 Å². The van der Waals surface area contributed by atoms with Crippen LogP contribution in [0.5, 0.6) is 0 Å². The minimum atomic E-state index is -3.82. The molecule has 0 heterocycles. The van der Waals surface area contributed by atoms with E-state index >= 15 is 0 Å². The van der Waals surface area contributed by atoms with Gasteiger partial charge in [0.1, 0.15) is 12.1 Å². The molecule has 9 heteroatoms. The average Bonchev–Trinajstić information content (AvgIpc) is 2.57. The lowest BCUT2D eigenvalue weighted by atomic mass is 9.72. The molecule has 0 aliphatic heterocycles. The summed E-state index contributed by atoms with van der Waals surface area (Å²) in [6.45, 7) is 1.79. The lowest BCUT2D eigenvalue weighted by molar-refractivity contribution is -0.138. The van der Waals surface area contributed by atoms with Gasteiger partial charge in [0.05, 0.1) is 11.0 Å². The Hall–Kier alpha value is -0.510. The molecule has 142 valence electrons. The summed E-state index contributed by atoms with van der Waals surface area (Å²) in [6, 6.07) is 4.97. The second kappa shape index (κ2) is 7.25. The van der Waals surface area contributed by atoms with Gasteiger partial charge in [-0.25, -0.2) is 26.5 Å². The second-order valence-electron chi connectivity index (χ2n) is 6.21. The van der Waals surface area contributed by atoms with Crippen LogP contribution in [0.4, 0.5) is 17.6 Å². The van der Waals surface area contributed by atoms with Gasteiger partial charge >= 0.3 is 0 Å². The second-order valence-corrected chi connectivity index (χ2v) is 8.92. The highest BCUT2D eigenvalue weighted by atomic mass is 79.9. The van der Waals surface area contributed by atoms with Crippen LogP contribution in [0.15, 0.2) is 24.3 Å². The molecule has 1 aliphatic carbocycles. The van der Waals surface area contributed by atoms with Crippen molar-refractivity contribution in [3.8, 4) is 0 Å². The number of fused-ring (bicyclic) bond motifs is 1. The maximum absolute atomic E-state index is 14.9. The molecule has 0 spiro atoms. The molecule has 0 fully saturated rings. The maximum Gasteiger partial charge on any atom is 0.294 e. The van der Waals surface area contributed by atoms with Gasteiger partial charge in [-0.05, 0) is 18.9 Å². The van der Waals surface area contributed by atoms with E-state index in [1.54, 1.807) is 13.8 Å². The zero-order valence-corrected chi connectivity index (χ0v) is 16.1. The Bertz CT molecular complexity index is 661. The molecule has 0 saturated carbocycles. The van der Waals surface area contributed by atoms with Crippen molar-refractivity contribution < 1.29 is 26.9 Å². The van der Waals surface area contributed by atoms with Crippen molar-refractivity contribution in [2.24, 2.45) is 0 Å². The van der Waals surface area contributed by atoms with E-state index in [9.17, 15) is 26.9 Å². The van der Waals surface area contributed by atoms with Crippen molar-refractivity contribution in [1.29, 1.82) is 0 Å². The molecule has 1 aliphatic rings. The third kappa shape index (κ3) is 3.40. The maximum atomic E-state index is 14.9. The summed E-state index contributed by atoms with van der Waals surface area (Å²) in [7, 11) is -1.92. The standard InChI is InChI=1S/C16H20BrF4NO2S/c1-3-10(2)25(24)22-16(15(20,21)9-23)12-7-5-4-6-11(12)14(18,19)8-13(16)17/h4-7,10,13,22-23H,3,8-9H2,1-2H3/t10-,13?,16+,25?/m1/s1. The predicted octanol–water partition coefficient (Wildman–Crippen LogP) is 3.82. The Balaban J connectivity index is 2.72. The topological polar surface area (TPSA) is 49.3 Å². The molecule has 0 radical (unpaired) electrons. The van der Waals surface area contributed by atoms with E-state index in [2.05, 4.69) is 20.7 Å². The quantitative estimate of drug-likeness (QED) is 0.516. The van der Waals surface area contributed by atoms with Crippen LogP contribution in [0.1, 0.15) is 37.8 Å². The minimum Gasteiger partial charge on any atom is -0.390 e. The lowest BCUT2D eigenvalue weighted by Crippen LogP contribution is -2.66. The molecule has 1 aromatic rings. The number of alkyl halides is 5. The normalized spacial score (nSPS) is 28.2. The summed E-state index contributed by atoms with van der Waals surface area (Å²) in [6.07, 6.45) is -0.463. The van der Waals surface area contributed by atoms with E-state index in [4.69, 9.17) is 0 Å². The largest absolute Gasteiger partial charge is 0.390 e. The first kappa shape index (κ1) is 20.8. The van der Waals surface area contributed by atoms with Crippen molar-refractivity contribution in [2.45, 2.75) is 54.2 Å². The summed E-state index contributed by atoms with van der Waals surface area (Å²) in [5.41, 5.74) is -3.33. The fourth-order valence-corrected chi connectivity index (χ4v) is 5.43. The van der Waals surface area contributed by atoms with E-state index in [1.807, 2.05) is 0 Å². The van der Waals surface area contributed by atoms with Gasteiger partial charge in [-0.1, -0.05) is 47.1 Å². The van der Waals surface area contributed by atoms with Gasteiger partial charge in [0, 0.05) is 22.1 Å². The summed E-state index contributed by atoms with van der Waals surface area (Å²) in [4.78, 5) is -1.44. The first-order chi connectivity index (χ1) is 11.5. The van der Waals surface area contributed by atoms with Crippen LogP contribution in [0.2, 0.25) is 0 Å². The number of hydrogen-bond donors (Lipinski definition) is 2. The van der Waals surface area contributed by atoms with Crippen LogP contribution in [-0.2, 0) is 22.4 Å².